The lowest BCUT2D eigenvalue weighted by Gasteiger charge is -2.23. The Kier molecular flexibility index (Phi) is 26.1. The van der Waals surface area contributed by atoms with Gasteiger partial charge in [-0.15, -0.1) is 10.1 Å². The number of benzene rings is 4. The Labute approximate surface area is 566 Å². The van der Waals surface area contributed by atoms with Crippen LogP contribution in [0.3, 0.4) is 0 Å². The van der Waals surface area contributed by atoms with Gasteiger partial charge in [-0.2, -0.15) is 0 Å². The third-order valence-electron chi connectivity index (χ3n) is 15.2. The topological polar surface area (TPSA) is 575 Å². The van der Waals surface area contributed by atoms with Gasteiger partial charge in [-0.25, -0.2) is 59.3 Å². The smallest absolute Gasteiger partial charge is 0.348 e. The maximum atomic E-state index is 13.5. The summed E-state index contributed by atoms with van der Waals surface area (Å²) in [6.45, 7) is 0.314. The van der Waals surface area contributed by atoms with E-state index in [2.05, 4.69) is 30.9 Å². The molecule has 2 aromatic heterocycles. The Bertz CT molecular complexity index is 3710. The number of esters is 4. The minimum atomic E-state index is -1.50. The first kappa shape index (κ1) is 74.3. The molecule has 2 aliphatic heterocycles. The number of nitrogens with one attached hydrogen (secondary N) is 4. The van der Waals surface area contributed by atoms with Crippen LogP contribution >= 0.6 is 0 Å². The number of anilines is 2. The van der Waals surface area contributed by atoms with Crippen molar-refractivity contribution in [2.45, 2.75) is 125 Å². The number of hydroxylamine groups is 4. The van der Waals surface area contributed by atoms with Gasteiger partial charge in [-0.05, 0) is 73.2 Å². The molecule has 0 aliphatic carbocycles. The van der Waals surface area contributed by atoms with Crippen molar-refractivity contribution in [3.05, 3.63) is 152 Å². The third-order valence-corrected chi connectivity index (χ3v) is 15.2. The molecule has 0 amide bonds. The highest BCUT2D eigenvalue weighted by Gasteiger charge is 2.39. The number of hydrogen-bond donors (Lipinski definition) is 10. The molecule has 0 bridgehead atoms. The molecule has 0 radical (unpaired) electrons. The van der Waals surface area contributed by atoms with Crippen molar-refractivity contribution in [1.29, 1.82) is 0 Å². The molecule has 2 fully saturated rings. The number of aromatic amines is 2. The molecule has 2 saturated heterocycles. The first-order valence-corrected chi connectivity index (χ1v) is 30.8. The van der Waals surface area contributed by atoms with Gasteiger partial charge in [0.05, 0.1) is 33.6 Å². The van der Waals surface area contributed by atoms with Crippen LogP contribution in [0.4, 0.5) is 22.7 Å². The number of ether oxygens (including phenoxy) is 4. The molecule has 8 unspecified atom stereocenters. The molecule has 2 aliphatic rings. The summed E-state index contributed by atoms with van der Waals surface area (Å²) in [7, 11) is 0. The average Bonchev–Trinajstić information content (AvgIpc) is 1.59. The van der Waals surface area contributed by atoms with Crippen molar-refractivity contribution < 1.29 is 96.1 Å². The predicted octanol–water partition coefficient (Wildman–Crippen LogP) is 0.490. The van der Waals surface area contributed by atoms with Gasteiger partial charge in [-0.3, -0.25) is 29.8 Å². The number of Topliss-reactive ketones (excluding diaryl/α,β-unsaturated/α-hetero) is 2. The van der Waals surface area contributed by atoms with Gasteiger partial charge >= 0.3 is 59.8 Å². The van der Waals surface area contributed by atoms with E-state index in [0.717, 1.165) is 10.1 Å². The number of non-ortho nitro benzene ring substituents is 2. The monoisotopic (exact) mass is 1390 g/mol. The van der Waals surface area contributed by atoms with Gasteiger partial charge in [-0.1, -0.05) is 36.4 Å². The van der Waals surface area contributed by atoms with Crippen LogP contribution < -0.4 is 64.3 Å². The molecule has 530 valence electrons. The lowest BCUT2D eigenvalue weighted by atomic mass is 10.0. The van der Waals surface area contributed by atoms with Crippen LogP contribution in [0.5, 0.6) is 23.5 Å². The van der Waals surface area contributed by atoms with Crippen molar-refractivity contribution in [2.75, 3.05) is 24.0 Å². The van der Waals surface area contributed by atoms with E-state index in [-0.39, 0.29) is 122 Å². The second kappa shape index (κ2) is 35.1. The first-order valence-electron chi connectivity index (χ1n) is 30.8. The molecule has 8 rings (SSSR count). The number of nitro benzene ring substituents is 2. The number of ketones is 2. The van der Waals surface area contributed by atoms with Crippen LogP contribution in [0.2, 0.25) is 0 Å². The van der Waals surface area contributed by atoms with Gasteiger partial charge in [0.2, 0.25) is 0 Å². The van der Waals surface area contributed by atoms with Crippen LogP contribution in [-0.4, -0.2) is 161 Å². The van der Waals surface area contributed by atoms with Crippen LogP contribution in [0.1, 0.15) is 73.9 Å². The van der Waals surface area contributed by atoms with E-state index >= 15 is 0 Å². The Hall–Kier alpha value is -11.5. The highest BCUT2D eigenvalue weighted by molar-refractivity contribution is 5.92. The number of para-hydroxylation sites is 2. The summed E-state index contributed by atoms with van der Waals surface area (Å²) < 4.78 is 21.8. The number of rotatable bonds is 35. The third kappa shape index (κ3) is 21.5. The number of H-pyrrole nitrogens is 2. The summed E-state index contributed by atoms with van der Waals surface area (Å²) in [6, 6.07) is 11.9. The molecule has 38 heteroatoms. The fraction of sp³-hybridized carbons (Fsp3) is 0.355. The number of carbonyl (C=O) groups is 10. The minimum Gasteiger partial charge on any atom is -0.425 e. The maximum absolute atomic E-state index is 13.5. The van der Waals surface area contributed by atoms with Gasteiger partial charge in [0, 0.05) is 100 Å². The molecule has 8 atom stereocenters. The zero-order chi connectivity index (χ0) is 72.2. The largest absolute Gasteiger partial charge is 0.425 e. The maximum Gasteiger partial charge on any atom is 0.348 e. The minimum absolute atomic E-state index is 0.0794. The number of aromatic nitrogens is 4. The van der Waals surface area contributed by atoms with Gasteiger partial charge in [0.1, 0.15) is 71.4 Å². The molecule has 0 saturated carbocycles. The van der Waals surface area contributed by atoms with Crippen molar-refractivity contribution >= 4 is 82.1 Å². The van der Waals surface area contributed by atoms with Gasteiger partial charge in [0.15, 0.2) is 0 Å². The van der Waals surface area contributed by atoms with Crippen molar-refractivity contribution in [1.82, 2.24) is 30.1 Å². The number of imidazole rings is 2. The number of nitrogens with two attached hydrogens (primary N) is 6. The summed E-state index contributed by atoms with van der Waals surface area (Å²) in [4.78, 5) is 185. The summed E-state index contributed by atoms with van der Waals surface area (Å²) in [5.41, 5.74) is 42.5. The predicted molar refractivity (Wildman–Crippen MR) is 341 cm³/mol. The van der Waals surface area contributed by atoms with E-state index in [9.17, 15) is 68.2 Å². The molecule has 0 spiro atoms. The Balaban J connectivity index is 0.693. The van der Waals surface area contributed by atoms with Crippen molar-refractivity contribution in [3.8, 4) is 23.5 Å². The zero-order valence-electron chi connectivity index (χ0n) is 53.0. The number of carbonyl (C=O) groups excluding carboxylic acids is 10. The molecule has 38 nitrogen and oxygen atoms in total. The van der Waals surface area contributed by atoms with E-state index < -0.39 is 130 Å². The zero-order valence-corrected chi connectivity index (χ0v) is 53.0. The second-order valence-corrected chi connectivity index (χ2v) is 22.8. The molecule has 4 heterocycles. The highest BCUT2D eigenvalue weighted by Crippen LogP contribution is 2.28. The molecule has 100 heavy (non-hydrogen) atoms. The molecule has 6 aromatic rings. The Morgan fingerprint density at radius 2 is 0.840 bits per heavy atom. The molecular formula is C62H70N16O22. The number of nitro groups is 2. The Morgan fingerprint density at radius 3 is 1.21 bits per heavy atom. The average molecular weight is 1390 g/mol. The van der Waals surface area contributed by atoms with Crippen LogP contribution in [0.25, 0.3) is 0 Å². The summed E-state index contributed by atoms with van der Waals surface area (Å²) in [5, 5.41) is 24.1. The number of nitrogens with zero attached hydrogens (tertiary/aromatic N) is 6. The summed E-state index contributed by atoms with van der Waals surface area (Å²) in [5.74, 6) is -8.40. The van der Waals surface area contributed by atoms with E-state index in [1.54, 1.807) is 36.4 Å². The fourth-order valence-electron chi connectivity index (χ4n) is 9.86. The first-order chi connectivity index (χ1) is 47.8. The second-order valence-electron chi connectivity index (χ2n) is 22.8. The molecule has 16 N–H and O–H groups in total. The lowest BCUT2D eigenvalue weighted by molar-refractivity contribution is -0.385. The van der Waals surface area contributed by atoms with Crippen molar-refractivity contribution in [3.63, 3.8) is 0 Å². The number of hydrogen-bond acceptors (Lipinski definition) is 34. The van der Waals surface area contributed by atoms with E-state index in [0.29, 0.717) is 24.0 Å². The fourth-order valence-corrected chi connectivity index (χ4v) is 9.86. The standard InChI is InChI=1S/C62H70N16O22/c63-43(55(83)97-73-35-13-17-39(18-14-35)77(89)90)25-33-7-1-3-11-51(33)93-59(87)49-9-5-23-75(49)99-57(85)45(65)27-37-31-69-61(71-37)95-53(81)47(67)29-41(79)21-22-42(80)30-48(68)54(82)96-62-70-32-38(72-62)28-46(66)58(86)100-76-24-6-10-50(76)60(88)94-52-12-4-2-8-34(52)26-44(64)56(84)98-74-36-15-19-40(20-16-36)78(91)92/h1-4,7-8,11-20,31-32,43-50,73-74H,5-6,9-10,21-30,63-68H2,(H,69,71)(H,70,72). The molecular weight excluding hydrogens is 1320 g/mol. The van der Waals surface area contributed by atoms with E-state index in [1.807, 2.05) is 0 Å². The van der Waals surface area contributed by atoms with E-state index in [4.69, 9.17) is 72.7 Å². The van der Waals surface area contributed by atoms with Gasteiger partial charge < -0.3 is 82.7 Å². The lowest BCUT2D eigenvalue weighted by Crippen LogP contribution is -2.44. The normalized spacial score (nSPS) is 16.2. The Morgan fingerprint density at radius 1 is 0.480 bits per heavy atom. The van der Waals surface area contributed by atoms with Crippen LogP contribution in [0.15, 0.2) is 109 Å². The summed E-state index contributed by atoms with van der Waals surface area (Å²) >= 11 is 0. The quantitative estimate of drug-likeness (QED) is 0.0112. The van der Waals surface area contributed by atoms with Crippen molar-refractivity contribution in [2.24, 2.45) is 34.4 Å². The van der Waals surface area contributed by atoms with Crippen LogP contribution in [-0.2, 0) is 93.0 Å². The van der Waals surface area contributed by atoms with Crippen LogP contribution in [0, 0.1) is 20.2 Å². The van der Waals surface area contributed by atoms with E-state index in [1.165, 1.54) is 73.1 Å². The van der Waals surface area contributed by atoms with Gasteiger partial charge in [0.25, 0.3) is 11.4 Å². The highest BCUT2D eigenvalue weighted by atomic mass is 16.7. The summed E-state index contributed by atoms with van der Waals surface area (Å²) in [6.07, 6.45) is 1.28. The SMILES string of the molecule is NC(Cc1ccccc1OC(=O)C1CCCN1OC(=O)C(N)Cc1cnc(OC(=O)C(N)CC(=O)CCC(=O)CC(N)C(=O)Oc2ncc(CC(N)C(=O)ON3CCCC3C(=O)Oc3ccccc3CC(N)C(=O)ONc3ccc([N+](=O)[O-])cc3)[nH]2)[nH]1)C(=O)ONc1ccc([N+](=O)[O-])cc1. The molecule has 4 aromatic carbocycles.